The Labute approximate surface area is 171 Å². The fraction of sp³-hybridized carbons (Fsp3) is 0.0909. The number of furan rings is 1. The first-order valence-corrected chi connectivity index (χ1v) is 10.1. The van der Waals surface area contributed by atoms with E-state index < -0.39 is 0 Å². The maximum Gasteiger partial charge on any atom is 0.268 e. The molecule has 2 amide bonds. The van der Waals surface area contributed by atoms with E-state index in [1.165, 1.54) is 16.7 Å². The molecule has 3 aromatic rings. The van der Waals surface area contributed by atoms with Crippen molar-refractivity contribution < 1.29 is 14.0 Å². The molecule has 0 spiro atoms. The van der Waals surface area contributed by atoms with E-state index in [-0.39, 0.29) is 18.4 Å². The quantitative estimate of drug-likeness (QED) is 0.528. The molecule has 2 heterocycles. The van der Waals surface area contributed by atoms with Crippen molar-refractivity contribution in [3.8, 4) is 0 Å². The zero-order valence-corrected chi connectivity index (χ0v) is 16.4. The van der Waals surface area contributed by atoms with E-state index in [9.17, 15) is 9.59 Å². The van der Waals surface area contributed by atoms with Gasteiger partial charge >= 0.3 is 0 Å². The summed E-state index contributed by atoms with van der Waals surface area (Å²) in [6, 6.07) is 20.1. The van der Waals surface area contributed by atoms with E-state index in [0.29, 0.717) is 21.3 Å². The van der Waals surface area contributed by atoms with Gasteiger partial charge in [-0.05, 0) is 29.3 Å². The molecule has 4 nitrogen and oxygen atoms in total. The van der Waals surface area contributed by atoms with E-state index in [1.807, 2.05) is 54.6 Å². The Kier molecular flexibility index (Phi) is 5.37. The monoisotopic (exact) mass is 409 g/mol. The molecule has 0 atom stereocenters. The molecule has 0 aliphatic carbocycles. The molecule has 140 valence electrons. The highest BCUT2D eigenvalue weighted by Gasteiger charge is 2.39. The average Bonchev–Trinajstić information content (AvgIpc) is 3.31. The number of hydrogen-bond donors (Lipinski definition) is 0. The fourth-order valence-electron chi connectivity index (χ4n) is 3.03. The second kappa shape index (κ2) is 8.09. The van der Waals surface area contributed by atoms with Crippen molar-refractivity contribution in [2.75, 3.05) is 0 Å². The highest BCUT2D eigenvalue weighted by molar-refractivity contribution is 8.03. The van der Waals surface area contributed by atoms with Crippen molar-refractivity contribution in [3.63, 3.8) is 0 Å². The Morgan fingerprint density at radius 1 is 0.893 bits per heavy atom. The first-order chi connectivity index (χ1) is 13.6. The predicted octanol–water partition coefficient (Wildman–Crippen LogP) is 5.15. The summed E-state index contributed by atoms with van der Waals surface area (Å²) >= 11 is 7.55. The number of benzene rings is 2. The van der Waals surface area contributed by atoms with Gasteiger partial charge in [-0.1, -0.05) is 60.1 Å². The van der Waals surface area contributed by atoms with Crippen LogP contribution in [0.2, 0.25) is 5.02 Å². The van der Waals surface area contributed by atoms with Crippen LogP contribution in [0.25, 0.3) is 5.57 Å². The molecule has 0 unspecified atom stereocenters. The Hall–Kier alpha value is -2.76. The SMILES string of the molecule is O=C1C(SCc2ccco2)=C(c2ccccc2)C(=O)N1Cc1ccccc1Cl. The summed E-state index contributed by atoms with van der Waals surface area (Å²) in [6.07, 6.45) is 1.59. The minimum atomic E-state index is -0.307. The number of rotatable bonds is 6. The van der Waals surface area contributed by atoms with Gasteiger partial charge in [-0.25, -0.2) is 0 Å². The zero-order valence-electron chi connectivity index (χ0n) is 14.8. The van der Waals surface area contributed by atoms with Gasteiger partial charge in [0.15, 0.2) is 0 Å². The van der Waals surface area contributed by atoms with Crippen LogP contribution in [-0.4, -0.2) is 16.7 Å². The van der Waals surface area contributed by atoms with Gasteiger partial charge in [-0.3, -0.25) is 14.5 Å². The number of hydrogen-bond acceptors (Lipinski definition) is 4. The third kappa shape index (κ3) is 3.63. The van der Waals surface area contributed by atoms with Crippen LogP contribution in [0.5, 0.6) is 0 Å². The standard InChI is InChI=1S/C22H16ClNO3S/c23-18-11-5-4-9-16(18)13-24-21(25)19(15-7-2-1-3-8-15)20(22(24)26)28-14-17-10-6-12-27-17/h1-12H,13-14H2. The smallest absolute Gasteiger partial charge is 0.268 e. The van der Waals surface area contributed by atoms with Crippen molar-refractivity contribution in [1.29, 1.82) is 0 Å². The topological polar surface area (TPSA) is 50.5 Å². The van der Waals surface area contributed by atoms with Crippen molar-refractivity contribution in [2.45, 2.75) is 12.3 Å². The number of carbonyl (C=O) groups excluding carboxylic acids is 2. The maximum absolute atomic E-state index is 13.2. The first-order valence-electron chi connectivity index (χ1n) is 8.69. The van der Waals surface area contributed by atoms with E-state index in [2.05, 4.69) is 0 Å². The van der Waals surface area contributed by atoms with Crippen LogP contribution in [0, 0.1) is 0 Å². The molecule has 28 heavy (non-hydrogen) atoms. The third-order valence-electron chi connectivity index (χ3n) is 4.41. The molecule has 1 aromatic heterocycles. The van der Waals surface area contributed by atoms with Gasteiger partial charge in [-0.2, -0.15) is 0 Å². The Balaban J connectivity index is 1.67. The van der Waals surface area contributed by atoms with Crippen LogP contribution < -0.4 is 0 Å². The Morgan fingerprint density at radius 3 is 2.36 bits per heavy atom. The highest BCUT2D eigenvalue weighted by atomic mass is 35.5. The molecule has 2 aromatic carbocycles. The molecule has 0 fully saturated rings. The second-order valence-corrected chi connectivity index (χ2v) is 7.62. The Bertz CT molecular complexity index is 1040. The summed E-state index contributed by atoms with van der Waals surface area (Å²) < 4.78 is 5.36. The van der Waals surface area contributed by atoms with Gasteiger partial charge in [0, 0.05) is 5.02 Å². The van der Waals surface area contributed by atoms with Gasteiger partial charge in [0.1, 0.15) is 5.76 Å². The van der Waals surface area contributed by atoms with Crippen molar-refractivity contribution in [3.05, 3.63) is 99.8 Å². The molecule has 0 N–H and O–H groups in total. The third-order valence-corrected chi connectivity index (χ3v) is 5.88. The molecule has 0 saturated heterocycles. The number of imide groups is 1. The summed E-state index contributed by atoms with van der Waals surface area (Å²) in [5.41, 5.74) is 1.88. The molecule has 4 rings (SSSR count). The highest BCUT2D eigenvalue weighted by Crippen LogP contribution is 2.38. The lowest BCUT2D eigenvalue weighted by molar-refractivity contribution is -0.137. The molecule has 6 heteroatoms. The first kappa shape index (κ1) is 18.6. The van der Waals surface area contributed by atoms with Crippen LogP contribution in [0.15, 0.2) is 82.3 Å². The van der Waals surface area contributed by atoms with Crippen molar-refractivity contribution >= 4 is 40.8 Å². The van der Waals surface area contributed by atoms with Gasteiger partial charge in [0.25, 0.3) is 11.8 Å². The number of halogens is 1. The van der Waals surface area contributed by atoms with Gasteiger partial charge < -0.3 is 4.42 Å². The molecule has 0 radical (unpaired) electrons. The predicted molar refractivity (Wildman–Crippen MR) is 110 cm³/mol. The minimum absolute atomic E-state index is 0.137. The van der Waals surface area contributed by atoms with Crippen LogP contribution in [-0.2, 0) is 21.9 Å². The van der Waals surface area contributed by atoms with Crippen LogP contribution in [0.1, 0.15) is 16.9 Å². The van der Waals surface area contributed by atoms with Gasteiger partial charge in [0.2, 0.25) is 0 Å². The lowest BCUT2D eigenvalue weighted by atomic mass is 10.1. The van der Waals surface area contributed by atoms with Gasteiger partial charge in [0.05, 0.1) is 29.0 Å². The minimum Gasteiger partial charge on any atom is -0.468 e. The lowest BCUT2D eigenvalue weighted by Crippen LogP contribution is -2.31. The molecular formula is C22H16ClNO3S. The van der Waals surface area contributed by atoms with Crippen molar-refractivity contribution in [1.82, 2.24) is 4.90 Å². The zero-order chi connectivity index (χ0) is 19.5. The van der Waals surface area contributed by atoms with E-state index in [0.717, 1.165) is 16.9 Å². The van der Waals surface area contributed by atoms with E-state index >= 15 is 0 Å². The largest absolute Gasteiger partial charge is 0.468 e. The molecule has 1 aliphatic heterocycles. The van der Waals surface area contributed by atoms with Crippen LogP contribution >= 0.6 is 23.4 Å². The summed E-state index contributed by atoms with van der Waals surface area (Å²) in [7, 11) is 0. The number of amides is 2. The fourth-order valence-corrected chi connectivity index (χ4v) is 4.26. The second-order valence-electron chi connectivity index (χ2n) is 6.23. The average molecular weight is 410 g/mol. The van der Waals surface area contributed by atoms with E-state index in [1.54, 1.807) is 18.4 Å². The summed E-state index contributed by atoms with van der Waals surface area (Å²) in [5.74, 6) is 0.602. The van der Waals surface area contributed by atoms with E-state index in [4.69, 9.17) is 16.0 Å². The van der Waals surface area contributed by atoms with Crippen molar-refractivity contribution in [2.24, 2.45) is 0 Å². The van der Waals surface area contributed by atoms with Gasteiger partial charge in [-0.15, -0.1) is 11.8 Å². The molecule has 0 bridgehead atoms. The lowest BCUT2D eigenvalue weighted by Gasteiger charge is -2.16. The molecule has 0 saturated carbocycles. The molecular weight excluding hydrogens is 394 g/mol. The normalized spacial score (nSPS) is 14.2. The molecule has 1 aliphatic rings. The Morgan fingerprint density at radius 2 is 1.64 bits per heavy atom. The summed E-state index contributed by atoms with van der Waals surface area (Å²) in [6.45, 7) is 0.137. The number of thioether (sulfide) groups is 1. The van der Waals surface area contributed by atoms with Crippen LogP contribution in [0.3, 0.4) is 0 Å². The summed E-state index contributed by atoms with van der Waals surface area (Å²) in [5, 5.41) is 0.529. The van der Waals surface area contributed by atoms with Crippen LogP contribution in [0.4, 0.5) is 0 Å². The number of nitrogens with zero attached hydrogens (tertiary/aromatic N) is 1. The summed E-state index contributed by atoms with van der Waals surface area (Å²) in [4.78, 5) is 28.0. The maximum atomic E-state index is 13.2. The number of carbonyl (C=O) groups is 2.